The van der Waals surface area contributed by atoms with Crippen molar-refractivity contribution in [1.29, 1.82) is 5.26 Å². The Morgan fingerprint density at radius 1 is 1.64 bits per heavy atom. The van der Waals surface area contributed by atoms with Crippen LogP contribution in [0.2, 0.25) is 0 Å². The largest absolute Gasteiger partial charge is 0.375 e. The lowest BCUT2D eigenvalue weighted by Gasteiger charge is -2.43. The van der Waals surface area contributed by atoms with E-state index >= 15 is 0 Å². The van der Waals surface area contributed by atoms with Gasteiger partial charge in [-0.2, -0.15) is 5.26 Å². The minimum atomic E-state index is -0.335. The van der Waals surface area contributed by atoms with Crippen molar-refractivity contribution in [3.63, 3.8) is 0 Å². The van der Waals surface area contributed by atoms with Gasteiger partial charge in [0, 0.05) is 5.41 Å². The highest BCUT2D eigenvalue weighted by Gasteiger charge is 2.62. The van der Waals surface area contributed by atoms with Crippen molar-refractivity contribution >= 4 is 0 Å². The first-order valence-electron chi connectivity index (χ1n) is 3.89. The van der Waals surface area contributed by atoms with Gasteiger partial charge in [-0.05, 0) is 19.8 Å². The van der Waals surface area contributed by atoms with E-state index in [1.54, 1.807) is 0 Å². The van der Waals surface area contributed by atoms with E-state index in [2.05, 4.69) is 13.0 Å². The highest BCUT2D eigenvalue weighted by atomic mass is 16.5. The van der Waals surface area contributed by atoms with Crippen LogP contribution in [0, 0.1) is 16.7 Å². The van der Waals surface area contributed by atoms with Crippen molar-refractivity contribution in [3.05, 3.63) is 0 Å². The van der Waals surface area contributed by atoms with E-state index in [0.29, 0.717) is 6.61 Å². The van der Waals surface area contributed by atoms with Crippen LogP contribution >= 0.6 is 0 Å². The van der Waals surface area contributed by atoms with E-state index in [1.165, 1.54) is 0 Å². The highest BCUT2D eigenvalue weighted by molar-refractivity contribution is 5.17. The number of nitriles is 1. The summed E-state index contributed by atoms with van der Waals surface area (Å²) in [6.45, 7) is 2.76. The van der Waals surface area contributed by atoms with Gasteiger partial charge in [-0.1, -0.05) is 0 Å². The van der Waals surface area contributed by atoms with E-state index < -0.39 is 0 Å². The molecule has 3 rings (SSSR count). The van der Waals surface area contributed by atoms with E-state index in [-0.39, 0.29) is 17.1 Å². The zero-order valence-corrected chi connectivity index (χ0v) is 6.63. The molecular formula is C8H12N2O. The molecule has 2 aliphatic heterocycles. The van der Waals surface area contributed by atoms with Crippen LogP contribution in [0.5, 0.6) is 0 Å². The van der Waals surface area contributed by atoms with Gasteiger partial charge in [0.25, 0.3) is 0 Å². The molecule has 3 heteroatoms. The fraction of sp³-hybridized carbons (Fsp3) is 0.875. The highest BCUT2D eigenvalue weighted by Crippen LogP contribution is 2.58. The Hall–Kier alpha value is -0.590. The average Bonchev–Trinajstić information content (AvgIpc) is 2.40. The first-order chi connectivity index (χ1) is 5.10. The molecule has 2 N–H and O–H groups in total. The minimum Gasteiger partial charge on any atom is -0.375 e. The quantitative estimate of drug-likeness (QED) is 0.592. The second kappa shape index (κ2) is 1.77. The van der Waals surface area contributed by atoms with Crippen LogP contribution in [0.25, 0.3) is 0 Å². The third-order valence-corrected chi connectivity index (χ3v) is 2.96. The summed E-state index contributed by atoms with van der Waals surface area (Å²) in [5.41, 5.74) is 5.72. The molecule has 0 aromatic carbocycles. The van der Waals surface area contributed by atoms with Gasteiger partial charge < -0.3 is 10.5 Å². The van der Waals surface area contributed by atoms with Gasteiger partial charge in [0.05, 0.1) is 18.3 Å². The minimum absolute atomic E-state index is 0.00347. The maximum absolute atomic E-state index is 8.64. The van der Waals surface area contributed by atoms with Crippen LogP contribution in [0.15, 0.2) is 0 Å². The number of ether oxygens (including phenoxy) is 1. The first-order valence-corrected chi connectivity index (χ1v) is 3.89. The Bertz CT molecular complexity index is 225. The summed E-state index contributed by atoms with van der Waals surface area (Å²) in [5, 5.41) is 8.64. The van der Waals surface area contributed by atoms with Crippen LogP contribution in [0.3, 0.4) is 0 Å². The standard InChI is InChI=1S/C8H12N2O/c1-7-3-8(4-7,5-11-7)6(10)2-9/h6H,3-5,10H2,1H3. The summed E-state index contributed by atoms with van der Waals surface area (Å²) in [4.78, 5) is 0. The van der Waals surface area contributed by atoms with Gasteiger partial charge in [-0.3, -0.25) is 0 Å². The predicted molar refractivity (Wildman–Crippen MR) is 39.6 cm³/mol. The second-order valence-electron chi connectivity index (χ2n) is 4.06. The third kappa shape index (κ3) is 0.741. The molecule has 2 heterocycles. The summed E-state index contributed by atoms with van der Waals surface area (Å²) in [7, 11) is 0. The maximum atomic E-state index is 8.64. The van der Waals surface area contributed by atoms with Crippen LogP contribution in [0.4, 0.5) is 0 Å². The van der Waals surface area contributed by atoms with E-state index in [1.807, 2.05) is 0 Å². The molecule has 0 radical (unpaired) electrons. The molecule has 3 fully saturated rings. The summed E-state index contributed by atoms with van der Waals surface area (Å²) in [6.07, 6.45) is 1.93. The summed E-state index contributed by atoms with van der Waals surface area (Å²) in [5.74, 6) is 0. The molecule has 0 aromatic rings. The number of fused-ring (bicyclic) bond motifs is 1. The predicted octanol–water partition coefficient (Wildman–Crippen LogP) is 0.406. The Morgan fingerprint density at radius 2 is 2.27 bits per heavy atom. The van der Waals surface area contributed by atoms with Crippen molar-refractivity contribution < 1.29 is 4.74 Å². The van der Waals surface area contributed by atoms with Crippen LogP contribution in [-0.2, 0) is 4.74 Å². The molecule has 2 saturated heterocycles. The molecular weight excluding hydrogens is 140 g/mol. The van der Waals surface area contributed by atoms with Crippen molar-refractivity contribution in [3.8, 4) is 6.07 Å². The van der Waals surface area contributed by atoms with Crippen molar-refractivity contribution in [2.45, 2.75) is 31.4 Å². The third-order valence-electron chi connectivity index (χ3n) is 2.96. The topological polar surface area (TPSA) is 59.0 Å². The van der Waals surface area contributed by atoms with E-state index in [9.17, 15) is 0 Å². The van der Waals surface area contributed by atoms with Gasteiger partial charge in [0.1, 0.15) is 6.04 Å². The van der Waals surface area contributed by atoms with E-state index in [4.69, 9.17) is 15.7 Å². The molecule has 3 nitrogen and oxygen atoms in total. The molecule has 1 unspecified atom stereocenters. The number of rotatable bonds is 1. The van der Waals surface area contributed by atoms with Gasteiger partial charge in [0.2, 0.25) is 0 Å². The van der Waals surface area contributed by atoms with Crippen LogP contribution < -0.4 is 5.73 Å². The maximum Gasteiger partial charge on any atom is 0.101 e. The number of nitrogens with zero attached hydrogens (tertiary/aromatic N) is 1. The van der Waals surface area contributed by atoms with Crippen molar-refractivity contribution in [2.24, 2.45) is 11.1 Å². The van der Waals surface area contributed by atoms with Crippen LogP contribution in [0.1, 0.15) is 19.8 Å². The fourth-order valence-corrected chi connectivity index (χ4v) is 2.41. The number of nitrogens with two attached hydrogens (primary N) is 1. The smallest absolute Gasteiger partial charge is 0.101 e. The van der Waals surface area contributed by atoms with Gasteiger partial charge in [-0.15, -0.1) is 0 Å². The van der Waals surface area contributed by atoms with Gasteiger partial charge in [-0.25, -0.2) is 0 Å². The lowest BCUT2D eigenvalue weighted by atomic mass is 9.60. The Labute approximate surface area is 66.1 Å². The molecule has 11 heavy (non-hydrogen) atoms. The molecule has 60 valence electrons. The van der Waals surface area contributed by atoms with Crippen LogP contribution in [-0.4, -0.2) is 18.2 Å². The molecule has 1 atom stereocenters. The van der Waals surface area contributed by atoms with Gasteiger partial charge in [0.15, 0.2) is 0 Å². The van der Waals surface area contributed by atoms with Crippen molar-refractivity contribution in [2.75, 3.05) is 6.61 Å². The average molecular weight is 152 g/mol. The van der Waals surface area contributed by atoms with Crippen molar-refractivity contribution in [1.82, 2.24) is 0 Å². The Balaban J connectivity index is 2.14. The summed E-state index contributed by atoms with van der Waals surface area (Å²) < 4.78 is 5.51. The molecule has 1 saturated carbocycles. The Kier molecular flexibility index (Phi) is 1.14. The number of hydrogen-bond acceptors (Lipinski definition) is 3. The molecule has 3 aliphatic rings. The first kappa shape index (κ1) is 7.08. The molecule has 0 spiro atoms. The summed E-state index contributed by atoms with van der Waals surface area (Å²) >= 11 is 0. The molecule has 2 bridgehead atoms. The van der Waals surface area contributed by atoms with Gasteiger partial charge >= 0.3 is 0 Å². The second-order valence-corrected chi connectivity index (χ2v) is 4.06. The molecule has 0 amide bonds. The Morgan fingerprint density at radius 3 is 2.64 bits per heavy atom. The monoisotopic (exact) mass is 152 g/mol. The lowest BCUT2D eigenvalue weighted by molar-refractivity contribution is 0.00119. The zero-order valence-electron chi connectivity index (χ0n) is 6.63. The molecule has 0 aromatic heterocycles. The fourth-order valence-electron chi connectivity index (χ4n) is 2.41. The normalized spacial score (nSPS) is 49.5. The van der Waals surface area contributed by atoms with E-state index in [0.717, 1.165) is 12.8 Å². The SMILES string of the molecule is CC12CC(C(N)C#N)(CO1)C2. The lowest BCUT2D eigenvalue weighted by Crippen LogP contribution is -2.51. The summed E-state index contributed by atoms with van der Waals surface area (Å²) in [6, 6.07) is 1.77. The number of hydrogen-bond donors (Lipinski definition) is 1. The zero-order chi connectivity index (χ0) is 8.11. The molecule has 1 aliphatic carbocycles.